The molecule has 1 amide bonds. The molecule has 2 saturated heterocycles. The van der Waals surface area contributed by atoms with Crippen LogP contribution in [0.4, 0.5) is 5.69 Å². The number of rotatable bonds is 4. The summed E-state index contributed by atoms with van der Waals surface area (Å²) in [6.07, 6.45) is 6.44. The topological polar surface area (TPSA) is 66.7 Å². The maximum absolute atomic E-state index is 12.7. The number of carbonyl (C=O) groups excluding carboxylic acids is 1. The van der Waals surface area contributed by atoms with Crippen molar-refractivity contribution in [3.05, 3.63) is 39.9 Å². The van der Waals surface area contributed by atoms with Gasteiger partial charge in [-0.3, -0.25) is 19.8 Å². The van der Waals surface area contributed by atoms with E-state index in [-0.39, 0.29) is 16.5 Å². The molecule has 1 aromatic rings. The number of para-hydroxylation sites is 1. The zero-order valence-corrected chi connectivity index (χ0v) is 14.7. The first-order chi connectivity index (χ1) is 12.1. The summed E-state index contributed by atoms with van der Waals surface area (Å²) < 4.78 is 0. The minimum Gasteiger partial charge on any atom is -0.342 e. The van der Waals surface area contributed by atoms with Crippen molar-refractivity contribution in [3.8, 4) is 0 Å². The van der Waals surface area contributed by atoms with Gasteiger partial charge in [-0.05, 0) is 38.8 Å². The lowest BCUT2D eigenvalue weighted by molar-refractivity contribution is -0.385. The highest BCUT2D eigenvalue weighted by Crippen LogP contribution is 2.25. The number of hydrogen-bond acceptors (Lipinski definition) is 4. The Labute approximate surface area is 148 Å². The Hall–Kier alpha value is -1.95. The summed E-state index contributed by atoms with van der Waals surface area (Å²) in [5.74, 6) is 0.451. The van der Waals surface area contributed by atoms with E-state index in [1.165, 1.54) is 12.8 Å². The van der Waals surface area contributed by atoms with E-state index in [1.807, 2.05) is 12.1 Å². The highest BCUT2D eigenvalue weighted by atomic mass is 16.6. The summed E-state index contributed by atoms with van der Waals surface area (Å²) in [6, 6.07) is 6.93. The van der Waals surface area contributed by atoms with Gasteiger partial charge >= 0.3 is 0 Å². The molecule has 2 fully saturated rings. The van der Waals surface area contributed by atoms with Crippen molar-refractivity contribution in [3.63, 3.8) is 0 Å². The van der Waals surface area contributed by atoms with E-state index in [4.69, 9.17) is 0 Å². The molecule has 0 aliphatic carbocycles. The molecule has 6 heteroatoms. The van der Waals surface area contributed by atoms with Crippen LogP contribution in [0.25, 0.3) is 0 Å². The normalized spacial score (nSPS) is 20.2. The van der Waals surface area contributed by atoms with E-state index >= 15 is 0 Å². The second-order valence-electron chi connectivity index (χ2n) is 7.18. The van der Waals surface area contributed by atoms with Crippen LogP contribution in [-0.4, -0.2) is 46.8 Å². The minimum atomic E-state index is -0.315. The van der Waals surface area contributed by atoms with E-state index in [1.54, 1.807) is 12.1 Å². The first-order valence-electron chi connectivity index (χ1n) is 9.38. The van der Waals surface area contributed by atoms with Crippen LogP contribution >= 0.6 is 0 Å². The molecule has 2 aliphatic heterocycles. The fraction of sp³-hybridized carbons (Fsp3) is 0.632. The predicted octanol–water partition coefficient (Wildman–Crippen LogP) is 3.21. The maximum atomic E-state index is 12.7. The highest BCUT2D eigenvalue weighted by Gasteiger charge is 2.29. The van der Waals surface area contributed by atoms with Crippen LogP contribution in [0.1, 0.15) is 44.1 Å². The molecule has 3 rings (SSSR count). The smallest absolute Gasteiger partial charge is 0.273 e. The number of nitrogens with zero attached hydrogens (tertiary/aromatic N) is 3. The first kappa shape index (κ1) is 17.9. The average molecular weight is 345 g/mol. The van der Waals surface area contributed by atoms with E-state index in [2.05, 4.69) is 9.80 Å². The molecule has 0 atom stereocenters. The van der Waals surface area contributed by atoms with Gasteiger partial charge in [0, 0.05) is 37.2 Å². The van der Waals surface area contributed by atoms with Gasteiger partial charge in [0.1, 0.15) is 0 Å². The van der Waals surface area contributed by atoms with E-state index in [0.29, 0.717) is 12.5 Å². The fourth-order valence-electron chi connectivity index (χ4n) is 3.95. The van der Waals surface area contributed by atoms with Crippen LogP contribution < -0.4 is 0 Å². The molecule has 0 saturated carbocycles. The lowest BCUT2D eigenvalue weighted by Gasteiger charge is -2.34. The Bertz CT molecular complexity index is 604. The van der Waals surface area contributed by atoms with Crippen LogP contribution in [0.2, 0.25) is 0 Å². The largest absolute Gasteiger partial charge is 0.342 e. The quantitative estimate of drug-likeness (QED) is 0.621. The van der Waals surface area contributed by atoms with Crippen molar-refractivity contribution >= 4 is 11.6 Å². The van der Waals surface area contributed by atoms with Crippen molar-refractivity contribution < 1.29 is 9.72 Å². The van der Waals surface area contributed by atoms with Gasteiger partial charge in [-0.1, -0.05) is 31.0 Å². The van der Waals surface area contributed by atoms with Crippen molar-refractivity contribution in [2.24, 2.45) is 5.92 Å². The van der Waals surface area contributed by atoms with Gasteiger partial charge in [0.25, 0.3) is 5.69 Å². The molecule has 0 radical (unpaired) electrons. The minimum absolute atomic E-state index is 0.125. The Kier molecular flexibility index (Phi) is 6.02. The molecule has 0 N–H and O–H groups in total. The molecule has 0 spiro atoms. The number of amides is 1. The number of carbonyl (C=O) groups is 1. The van der Waals surface area contributed by atoms with Crippen LogP contribution in [0.3, 0.4) is 0 Å². The summed E-state index contributed by atoms with van der Waals surface area (Å²) in [6.45, 7) is 4.07. The van der Waals surface area contributed by atoms with Crippen LogP contribution in [0.5, 0.6) is 0 Å². The van der Waals surface area contributed by atoms with Crippen molar-refractivity contribution in [1.82, 2.24) is 9.80 Å². The molecule has 0 unspecified atom stereocenters. The number of nitro groups is 1. The Morgan fingerprint density at radius 1 is 1.04 bits per heavy atom. The third kappa shape index (κ3) is 4.57. The highest BCUT2D eigenvalue weighted by molar-refractivity contribution is 5.79. The molecular weight excluding hydrogens is 318 g/mol. The van der Waals surface area contributed by atoms with Gasteiger partial charge in [-0.25, -0.2) is 0 Å². The van der Waals surface area contributed by atoms with Crippen LogP contribution in [0.15, 0.2) is 24.3 Å². The molecule has 2 heterocycles. The van der Waals surface area contributed by atoms with Gasteiger partial charge in [0.05, 0.1) is 4.92 Å². The lowest BCUT2D eigenvalue weighted by Crippen LogP contribution is -2.42. The zero-order chi connectivity index (χ0) is 17.6. The first-order valence-corrected chi connectivity index (χ1v) is 9.38. The average Bonchev–Trinajstić information content (AvgIpc) is 2.91. The third-order valence-corrected chi connectivity index (χ3v) is 5.44. The molecule has 25 heavy (non-hydrogen) atoms. The second-order valence-corrected chi connectivity index (χ2v) is 7.18. The molecule has 1 aromatic carbocycles. The number of piperidine rings is 1. The van der Waals surface area contributed by atoms with E-state index < -0.39 is 0 Å². The number of likely N-dealkylation sites (tertiary alicyclic amines) is 2. The fourth-order valence-corrected chi connectivity index (χ4v) is 3.95. The van der Waals surface area contributed by atoms with Gasteiger partial charge in [-0.2, -0.15) is 0 Å². The van der Waals surface area contributed by atoms with Gasteiger partial charge in [0.15, 0.2) is 0 Å². The van der Waals surface area contributed by atoms with E-state index in [9.17, 15) is 14.9 Å². The SMILES string of the molecule is O=C(C1CCN(Cc2ccccc2[N+](=O)[O-])CC1)N1CCCCCC1. The molecular formula is C19H27N3O3. The molecule has 2 aliphatic rings. The third-order valence-electron chi connectivity index (χ3n) is 5.44. The lowest BCUT2D eigenvalue weighted by atomic mass is 9.94. The molecule has 6 nitrogen and oxygen atoms in total. The maximum Gasteiger partial charge on any atom is 0.273 e. The van der Waals surface area contributed by atoms with Crippen LogP contribution in [0, 0.1) is 16.0 Å². The van der Waals surface area contributed by atoms with Gasteiger partial charge in [-0.15, -0.1) is 0 Å². The predicted molar refractivity (Wildman–Crippen MR) is 96.1 cm³/mol. The summed E-state index contributed by atoms with van der Waals surface area (Å²) >= 11 is 0. The number of nitro benzene ring substituents is 1. The summed E-state index contributed by atoms with van der Waals surface area (Å²) in [4.78, 5) is 27.9. The Morgan fingerprint density at radius 2 is 1.68 bits per heavy atom. The van der Waals surface area contributed by atoms with E-state index in [0.717, 1.165) is 57.4 Å². The number of benzene rings is 1. The van der Waals surface area contributed by atoms with Crippen molar-refractivity contribution in [1.29, 1.82) is 0 Å². The van der Waals surface area contributed by atoms with Gasteiger partial charge in [0.2, 0.25) is 5.91 Å². The molecule has 0 bridgehead atoms. The number of hydrogen-bond donors (Lipinski definition) is 0. The summed E-state index contributed by atoms with van der Waals surface area (Å²) in [7, 11) is 0. The van der Waals surface area contributed by atoms with Crippen molar-refractivity contribution in [2.45, 2.75) is 45.1 Å². The van der Waals surface area contributed by atoms with Gasteiger partial charge < -0.3 is 4.90 Å². The summed E-state index contributed by atoms with van der Waals surface area (Å²) in [5, 5.41) is 11.1. The van der Waals surface area contributed by atoms with Crippen LogP contribution in [-0.2, 0) is 11.3 Å². The standard InChI is InChI=1S/C19H27N3O3/c23-19(21-11-5-1-2-6-12-21)16-9-13-20(14-10-16)15-17-7-3-4-8-18(17)22(24)25/h3-4,7-8,16H,1-2,5-6,9-15H2. The molecule has 136 valence electrons. The Balaban J connectivity index is 1.53. The summed E-state index contributed by atoms with van der Waals surface area (Å²) in [5.41, 5.74) is 0.940. The van der Waals surface area contributed by atoms with Crippen molar-refractivity contribution in [2.75, 3.05) is 26.2 Å². The molecule has 0 aromatic heterocycles. The Morgan fingerprint density at radius 3 is 2.32 bits per heavy atom. The monoisotopic (exact) mass is 345 g/mol. The zero-order valence-electron chi connectivity index (χ0n) is 14.7. The second kappa shape index (κ2) is 8.43.